The van der Waals surface area contributed by atoms with Crippen molar-refractivity contribution in [3.05, 3.63) is 0 Å². The molecule has 8 N–H and O–H groups in total. The first-order valence-electron chi connectivity index (χ1n) is 26.0. The highest BCUT2D eigenvalue weighted by molar-refractivity contribution is 7.99. The van der Waals surface area contributed by atoms with Gasteiger partial charge in [-0.15, -0.1) is 0 Å². The zero-order valence-electron chi connectivity index (χ0n) is 42.9. The van der Waals surface area contributed by atoms with Gasteiger partial charge in [0.25, 0.3) is 0 Å². The number of nitrogens with one attached hydrogen (secondary N) is 4. The number of ether oxygens (including phenoxy) is 4. The molecule has 0 aromatic carbocycles. The van der Waals surface area contributed by atoms with E-state index >= 15 is 0 Å². The van der Waals surface area contributed by atoms with Crippen molar-refractivity contribution in [2.45, 2.75) is 161 Å². The Labute approximate surface area is 430 Å². The van der Waals surface area contributed by atoms with Crippen LogP contribution in [-0.4, -0.2) is 170 Å². The fourth-order valence-corrected chi connectivity index (χ4v) is 7.99. The molecular weight excluding hydrogens is 961 g/mol. The van der Waals surface area contributed by atoms with E-state index in [1.165, 1.54) is 69.5 Å². The predicted molar refractivity (Wildman–Crippen MR) is 270 cm³/mol. The molecule has 0 aromatic rings. The van der Waals surface area contributed by atoms with Gasteiger partial charge in [-0.05, 0) is 25.7 Å². The van der Waals surface area contributed by atoms with E-state index in [1.54, 1.807) is 6.92 Å². The third-order valence-electron chi connectivity index (χ3n) is 11.4. The van der Waals surface area contributed by atoms with E-state index in [2.05, 4.69) is 21.3 Å². The summed E-state index contributed by atoms with van der Waals surface area (Å²) in [6, 6.07) is -1.12. The lowest BCUT2D eigenvalue weighted by atomic mass is 9.97. The number of unbranched alkanes of at least 4 members (excludes halogenated alkanes) is 15. The third-order valence-corrected chi connectivity index (χ3v) is 12.6. The summed E-state index contributed by atoms with van der Waals surface area (Å²) in [6.45, 7) is 2.45. The van der Waals surface area contributed by atoms with Crippen LogP contribution < -0.4 is 21.3 Å². The highest BCUT2D eigenvalue weighted by Gasteiger charge is 2.24. The molecule has 0 aliphatic heterocycles. The SMILES string of the molecule is C[C@@H](CSCC(=O)NCCNC(=O)COCCOCCNC(=O)COCCOCCCC(=O)CC[C@H](NC(=O)CCCCCCCCCCCCCCCCCCC(=O)O)C(=O)O)C(=O)C[C@@H](CO)C(=O)O. The van der Waals surface area contributed by atoms with Gasteiger partial charge < -0.3 is 60.6 Å². The van der Waals surface area contributed by atoms with Crippen LogP contribution in [0.25, 0.3) is 0 Å². The number of rotatable bonds is 53. The fourth-order valence-electron chi connectivity index (χ4n) is 7.05. The second kappa shape index (κ2) is 47.8. The number of hydrogen-bond acceptors (Lipinski definition) is 15. The monoisotopic (exact) mass is 1050 g/mol. The van der Waals surface area contributed by atoms with Crippen molar-refractivity contribution in [2.75, 3.05) is 90.6 Å². The van der Waals surface area contributed by atoms with E-state index in [-0.39, 0.29) is 152 Å². The summed E-state index contributed by atoms with van der Waals surface area (Å²) in [5.41, 5.74) is 0. The normalized spacial score (nSPS) is 12.4. The average Bonchev–Trinajstić information content (AvgIpc) is 3.34. The van der Waals surface area contributed by atoms with Crippen LogP contribution in [0.5, 0.6) is 0 Å². The minimum atomic E-state index is -1.24. The molecule has 3 atom stereocenters. The number of Topliss-reactive ketones (excluding diaryl/α,β-unsaturated/α-hetero) is 2. The van der Waals surface area contributed by atoms with E-state index in [9.17, 15) is 48.3 Å². The van der Waals surface area contributed by atoms with Crippen LogP contribution >= 0.6 is 11.8 Å². The zero-order valence-corrected chi connectivity index (χ0v) is 43.7. The van der Waals surface area contributed by atoms with Crippen LogP contribution in [0, 0.1) is 11.8 Å². The summed E-state index contributed by atoms with van der Waals surface area (Å²) in [5, 5.41) is 46.7. The van der Waals surface area contributed by atoms with Crippen LogP contribution in [0.2, 0.25) is 0 Å². The van der Waals surface area contributed by atoms with Gasteiger partial charge in [0.2, 0.25) is 23.6 Å². The number of carbonyl (C=O) groups is 9. The lowest BCUT2D eigenvalue weighted by Crippen LogP contribution is -2.41. The molecule has 0 bridgehead atoms. The van der Waals surface area contributed by atoms with E-state index in [0.717, 1.165) is 38.5 Å². The largest absolute Gasteiger partial charge is 0.481 e. The molecule has 0 unspecified atom stereocenters. The lowest BCUT2D eigenvalue weighted by Gasteiger charge is -2.14. The van der Waals surface area contributed by atoms with Crippen LogP contribution in [-0.2, 0) is 62.1 Å². The smallest absolute Gasteiger partial charge is 0.326 e. The Morgan fingerprint density at radius 2 is 0.958 bits per heavy atom. The number of aliphatic hydroxyl groups is 1. The Kier molecular flexibility index (Phi) is 45.0. The Morgan fingerprint density at radius 3 is 1.46 bits per heavy atom. The zero-order chi connectivity index (χ0) is 53.5. The molecule has 0 rings (SSSR count). The molecule has 0 saturated heterocycles. The van der Waals surface area contributed by atoms with E-state index in [1.807, 2.05) is 0 Å². The van der Waals surface area contributed by atoms with E-state index in [4.69, 9.17) is 34.3 Å². The summed E-state index contributed by atoms with van der Waals surface area (Å²) in [5.74, 6) is -6.06. The van der Waals surface area contributed by atoms with Gasteiger partial charge in [0, 0.05) is 70.0 Å². The number of carbonyl (C=O) groups excluding carboxylic acids is 6. The summed E-state index contributed by atoms with van der Waals surface area (Å²) in [4.78, 5) is 106. The molecule has 0 aromatic heterocycles. The number of thioether (sulfide) groups is 1. The van der Waals surface area contributed by atoms with Gasteiger partial charge >= 0.3 is 17.9 Å². The van der Waals surface area contributed by atoms with Crippen LogP contribution in [0.1, 0.15) is 155 Å². The van der Waals surface area contributed by atoms with Gasteiger partial charge in [0.15, 0.2) is 0 Å². The van der Waals surface area contributed by atoms with Crippen LogP contribution in [0.4, 0.5) is 0 Å². The maximum absolute atomic E-state index is 12.4. The molecule has 22 heteroatoms. The number of aliphatic carboxylic acids is 3. The molecule has 21 nitrogen and oxygen atoms in total. The second-order valence-corrected chi connectivity index (χ2v) is 18.9. The molecule has 0 radical (unpaired) electrons. The van der Waals surface area contributed by atoms with E-state index < -0.39 is 42.4 Å². The fraction of sp³-hybridized carbons (Fsp3) is 0.820. The van der Waals surface area contributed by atoms with Crippen molar-refractivity contribution in [3.63, 3.8) is 0 Å². The maximum atomic E-state index is 12.4. The van der Waals surface area contributed by atoms with Gasteiger partial charge in [-0.25, -0.2) is 4.79 Å². The van der Waals surface area contributed by atoms with Crippen molar-refractivity contribution in [1.29, 1.82) is 0 Å². The number of amides is 4. The molecule has 0 spiro atoms. The molecule has 0 fully saturated rings. The summed E-state index contributed by atoms with van der Waals surface area (Å²) in [7, 11) is 0. The van der Waals surface area contributed by atoms with Gasteiger partial charge in [0.1, 0.15) is 30.8 Å². The highest BCUT2D eigenvalue weighted by atomic mass is 32.2. The molecule has 0 aliphatic carbocycles. The van der Waals surface area contributed by atoms with Gasteiger partial charge in [-0.3, -0.25) is 38.4 Å². The molecule has 4 amide bonds. The quantitative estimate of drug-likeness (QED) is 0.0395. The van der Waals surface area contributed by atoms with Gasteiger partial charge in [-0.2, -0.15) is 11.8 Å². The summed E-state index contributed by atoms with van der Waals surface area (Å²) >= 11 is 1.22. The number of hydrogen-bond donors (Lipinski definition) is 8. The number of aliphatic hydroxyl groups excluding tert-OH is 1. The number of carboxylic acid groups (broad SMARTS) is 3. The standard InChI is InChI=1S/C50H88N4O17S/c1-39(43(57)33-40(34-55)49(64)65)37-72-38-47(61)52-25-24-51-45(59)35-71-32-30-69-28-26-53-46(60)36-70-31-29-68-27-18-19-41(56)22-23-42(50(66)67)54-44(58)20-16-14-12-10-8-6-4-2-3-5-7-9-11-13-15-17-21-48(62)63/h39-40,42,55H,2-38H2,1H3,(H,51,59)(H,52,61)(H,53,60)(H,54,58)(H,62,63)(H,64,65)(H,66,67)/t39-,40-,42-/m0/s1. The Hall–Kier alpha value is -4.22. The molecular formula is C50H88N4O17S. The maximum Gasteiger partial charge on any atom is 0.326 e. The third kappa shape index (κ3) is 44.5. The van der Waals surface area contributed by atoms with Crippen molar-refractivity contribution < 1.29 is 82.5 Å². The first-order chi connectivity index (χ1) is 34.7. The molecule has 0 heterocycles. The van der Waals surface area contributed by atoms with E-state index in [0.29, 0.717) is 18.6 Å². The van der Waals surface area contributed by atoms with Gasteiger partial charge in [-0.1, -0.05) is 96.8 Å². The second-order valence-electron chi connectivity index (χ2n) is 17.9. The summed E-state index contributed by atoms with van der Waals surface area (Å²) in [6.07, 6.45) is 18.7. The Bertz CT molecular complexity index is 1520. The average molecular weight is 1050 g/mol. The molecule has 72 heavy (non-hydrogen) atoms. The Morgan fingerprint density at radius 1 is 0.486 bits per heavy atom. The first-order valence-corrected chi connectivity index (χ1v) is 27.1. The molecule has 0 aliphatic rings. The topological polar surface area (TPSA) is 320 Å². The van der Waals surface area contributed by atoms with Crippen molar-refractivity contribution in [3.8, 4) is 0 Å². The highest BCUT2D eigenvalue weighted by Crippen LogP contribution is 2.16. The minimum absolute atomic E-state index is 0.0216. The first kappa shape index (κ1) is 67.8. The number of carboxylic acids is 3. The molecule has 416 valence electrons. The van der Waals surface area contributed by atoms with Crippen LogP contribution in [0.15, 0.2) is 0 Å². The van der Waals surface area contributed by atoms with Crippen LogP contribution in [0.3, 0.4) is 0 Å². The minimum Gasteiger partial charge on any atom is -0.481 e. The number of ketones is 2. The molecule has 0 saturated carbocycles. The summed E-state index contributed by atoms with van der Waals surface area (Å²) < 4.78 is 21.4. The Balaban J connectivity index is 3.69. The predicted octanol–water partition coefficient (Wildman–Crippen LogP) is 4.23. The lowest BCUT2D eigenvalue weighted by molar-refractivity contribution is -0.145. The van der Waals surface area contributed by atoms with Gasteiger partial charge in [0.05, 0.1) is 51.3 Å². The van der Waals surface area contributed by atoms with Crippen molar-refractivity contribution >= 4 is 64.9 Å². The van der Waals surface area contributed by atoms with Crippen molar-refractivity contribution in [2.24, 2.45) is 11.8 Å². The van der Waals surface area contributed by atoms with Crippen molar-refractivity contribution in [1.82, 2.24) is 21.3 Å².